The minimum Gasteiger partial charge on any atom is -0.451 e. The third-order valence-electron chi connectivity index (χ3n) is 4.95. The van der Waals surface area contributed by atoms with Gasteiger partial charge >= 0.3 is 6.18 Å². The number of benzene rings is 2. The van der Waals surface area contributed by atoms with Crippen molar-refractivity contribution in [1.82, 2.24) is 0 Å². The molecule has 1 aliphatic heterocycles. The molecule has 1 aromatic heterocycles. The number of amides is 1. The number of carbonyl (C=O) groups excluding carboxylic acids is 1. The Bertz CT molecular complexity index is 1140. The summed E-state index contributed by atoms with van der Waals surface area (Å²) in [6, 6.07) is 11.1. The average Bonchev–Trinajstić information content (AvgIpc) is 3.24. The summed E-state index contributed by atoms with van der Waals surface area (Å²) in [6.07, 6.45) is -4.55. The predicted molar refractivity (Wildman–Crippen MR) is 117 cm³/mol. The number of rotatable bonds is 4. The van der Waals surface area contributed by atoms with Crippen LogP contribution >= 0.6 is 23.2 Å². The fourth-order valence-corrected chi connectivity index (χ4v) is 3.87. The van der Waals surface area contributed by atoms with Crippen molar-refractivity contribution in [2.24, 2.45) is 0 Å². The number of nitrogens with one attached hydrogen (secondary N) is 1. The van der Waals surface area contributed by atoms with Crippen LogP contribution in [-0.2, 0) is 10.9 Å². The Balaban J connectivity index is 1.62. The largest absolute Gasteiger partial charge is 0.451 e. The molecule has 1 amide bonds. The lowest BCUT2D eigenvalue weighted by molar-refractivity contribution is -0.137. The second-order valence-electron chi connectivity index (χ2n) is 7.07. The second-order valence-corrected chi connectivity index (χ2v) is 7.91. The number of anilines is 2. The number of hydrogen-bond donors (Lipinski definition) is 1. The van der Waals surface area contributed by atoms with Crippen LogP contribution in [-0.4, -0.2) is 32.2 Å². The molecular weight excluding hydrogens is 468 g/mol. The highest BCUT2D eigenvalue weighted by Crippen LogP contribution is 2.36. The first kappa shape index (κ1) is 22.5. The number of alkyl halides is 3. The summed E-state index contributed by atoms with van der Waals surface area (Å²) in [4.78, 5) is 14.7. The first-order valence-corrected chi connectivity index (χ1v) is 10.4. The van der Waals surface area contributed by atoms with Gasteiger partial charge in [-0.3, -0.25) is 4.79 Å². The number of hydrogen-bond acceptors (Lipinski definition) is 4. The molecule has 1 N–H and O–H groups in total. The third kappa shape index (κ3) is 4.87. The molecule has 32 heavy (non-hydrogen) atoms. The van der Waals surface area contributed by atoms with E-state index >= 15 is 0 Å². The molecule has 0 aliphatic carbocycles. The quantitative estimate of drug-likeness (QED) is 0.467. The SMILES string of the molecule is O=C(Nc1cc(C(F)(F)F)ccc1N1CCOCC1)c1ccc(-c2ccc(Cl)cc2Cl)o1. The van der Waals surface area contributed by atoms with E-state index in [4.69, 9.17) is 32.4 Å². The van der Waals surface area contributed by atoms with Gasteiger partial charge in [-0.1, -0.05) is 23.2 Å². The van der Waals surface area contributed by atoms with Gasteiger partial charge in [0.2, 0.25) is 0 Å². The first-order chi connectivity index (χ1) is 15.2. The highest BCUT2D eigenvalue weighted by Gasteiger charge is 2.32. The van der Waals surface area contributed by atoms with Crippen molar-refractivity contribution in [3.05, 3.63) is 69.9 Å². The summed E-state index contributed by atoms with van der Waals surface area (Å²) in [6.45, 7) is 1.87. The zero-order valence-corrected chi connectivity index (χ0v) is 18.0. The van der Waals surface area contributed by atoms with E-state index in [1.54, 1.807) is 18.2 Å². The van der Waals surface area contributed by atoms with Gasteiger partial charge in [-0.25, -0.2) is 0 Å². The number of furan rings is 1. The highest BCUT2D eigenvalue weighted by atomic mass is 35.5. The summed E-state index contributed by atoms with van der Waals surface area (Å²) >= 11 is 12.1. The van der Waals surface area contributed by atoms with E-state index in [2.05, 4.69) is 5.32 Å². The molecule has 3 aromatic rings. The molecule has 5 nitrogen and oxygen atoms in total. The molecule has 4 rings (SSSR count). The summed E-state index contributed by atoms with van der Waals surface area (Å²) in [5.74, 6) is -0.430. The molecule has 0 bridgehead atoms. The van der Waals surface area contributed by atoms with Crippen molar-refractivity contribution in [1.29, 1.82) is 0 Å². The Labute approximate surface area is 191 Å². The average molecular weight is 485 g/mol. The molecular formula is C22H17Cl2F3N2O3. The van der Waals surface area contributed by atoms with Gasteiger partial charge in [-0.2, -0.15) is 13.2 Å². The normalized spacial score (nSPS) is 14.5. The van der Waals surface area contributed by atoms with Crippen LogP contribution in [0, 0.1) is 0 Å². The molecule has 0 unspecified atom stereocenters. The van der Waals surface area contributed by atoms with Crippen molar-refractivity contribution in [3.63, 3.8) is 0 Å². The highest BCUT2D eigenvalue weighted by molar-refractivity contribution is 6.36. The van der Waals surface area contributed by atoms with Gasteiger partial charge in [0.05, 0.1) is 35.2 Å². The van der Waals surface area contributed by atoms with Crippen LogP contribution in [0.4, 0.5) is 24.5 Å². The standard InChI is InChI=1S/C22H17Cl2F3N2O3/c23-14-2-3-15(16(24)12-14)19-5-6-20(32-19)21(30)28-17-11-13(22(25,26)27)1-4-18(17)29-7-9-31-10-8-29/h1-6,11-12H,7-10H2,(H,28,30). The zero-order chi connectivity index (χ0) is 22.9. The molecule has 2 aromatic carbocycles. The smallest absolute Gasteiger partial charge is 0.416 e. The minimum atomic E-state index is -4.55. The molecule has 1 aliphatic rings. The van der Waals surface area contributed by atoms with Crippen molar-refractivity contribution < 1.29 is 27.1 Å². The third-order valence-corrected chi connectivity index (χ3v) is 5.50. The zero-order valence-electron chi connectivity index (χ0n) is 16.5. The minimum absolute atomic E-state index is 0.0363. The molecule has 0 saturated carbocycles. The maximum Gasteiger partial charge on any atom is 0.416 e. The van der Waals surface area contributed by atoms with Gasteiger partial charge < -0.3 is 19.4 Å². The summed E-state index contributed by atoms with van der Waals surface area (Å²) < 4.78 is 50.7. The molecule has 2 heterocycles. The number of nitrogens with zero attached hydrogens (tertiary/aromatic N) is 1. The van der Waals surface area contributed by atoms with E-state index < -0.39 is 17.6 Å². The number of morpholine rings is 1. The monoisotopic (exact) mass is 484 g/mol. The number of carbonyl (C=O) groups is 1. The van der Waals surface area contributed by atoms with Crippen molar-refractivity contribution >= 4 is 40.5 Å². The predicted octanol–water partition coefficient (Wildman–Crippen LogP) is 6.36. The van der Waals surface area contributed by atoms with Gasteiger partial charge in [0.25, 0.3) is 5.91 Å². The summed E-state index contributed by atoms with van der Waals surface area (Å²) in [5.41, 5.74) is 0.178. The Kier molecular flexibility index (Phi) is 6.37. The second kappa shape index (κ2) is 9.05. The maximum absolute atomic E-state index is 13.3. The van der Waals surface area contributed by atoms with Gasteiger partial charge in [0, 0.05) is 23.7 Å². The first-order valence-electron chi connectivity index (χ1n) is 9.63. The van der Waals surface area contributed by atoms with Crippen molar-refractivity contribution in [2.45, 2.75) is 6.18 Å². The number of halogens is 5. The lowest BCUT2D eigenvalue weighted by Crippen LogP contribution is -2.36. The molecule has 10 heteroatoms. The van der Waals surface area contributed by atoms with E-state index in [-0.39, 0.29) is 11.4 Å². The van der Waals surface area contributed by atoms with E-state index in [1.165, 1.54) is 18.2 Å². The van der Waals surface area contributed by atoms with Crippen molar-refractivity contribution in [3.8, 4) is 11.3 Å². The van der Waals surface area contributed by atoms with Gasteiger partial charge in [0.1, 0.15) is 5.76 Å². The molecule has 1 saturated heterocycles. The van der Waals surface area contributed by atoms with Crippen LogP contribution in [0.2, 0.25) is 10.0 Å². The Hall–Kier alpha value is -2.68. The Morgan fingerprint density at radius 2 is 1.75 bits per heavy atom. The topological polar surface area (TPSA) is 54.7 Å². The Morgan fingerprint density at radius 1 is 1.00 bits per heavy atom. The van der Waals surface area contributed by atoms with E-state index in [9.17, 15) is 18.0 Å². The van der Waals surface area contributed by atoms with Gasteiger partial charge in [-0.05, 0) is 48.5 Å². The van der Waals surface area contributed by atoms with E-state index in [1.807, 2.05) is 4.90 Å². The van der Waals surface area contributed by atoms with Crippen LogP contribution in [0.5, 0.6) is 0 Å². The van der Waals surface area contributed by atoms with Crippen LogP contribution < -0.4 is 10.2 Å². The Morgan fingerprint density at radius 3 is 2.44 bits per heavy atom. The van der Waals surface area contributed by atoms with Crippen LogP contribution in [0.3, 0.4) is 0 Å². The van der Waals surface area contributed by atoms with E-state index in [0.29, 0.717) is 53.4 Å². The maximum atomic E-state index is 13.3. The van der Waals surface area contributed by atoms with Gasteiger partial charge in [-0.15, -0.1) is 0 Å². The number of ether oxygens (including phenoxy) is 1. The molecule has 0 spiro atoms. The molecule has 1 fully saturated rings. The lowest BCUT2D eigenvalue weighted by Gasteiger charge is -2.30. The lowest BCUT2D eigenvalue weighted by atomic mass is 10.1. The summed E-state index contributed by atoms with van der Waals surface area (Å²) in [7, 11) is 0. The summed E-state index contributed by atoms with van der Waals surface area (Å²) in [5, 5.41) is 3.34. The van der Waals surface area contributed by atoms with Crippen LogP contribution in [0.1, 0.15) is 16.1 Å². The molecule has 0 radical (unpaired) electrons. The van der Waals surface area contributed by atoms with Crippen molar-refractivity contribution in [2.75, 3.05) is 36.5 Å². The fraction of sp³-hybridized carbons (Fsp3) is 0.227. The van der Waals surface area contributed by atoms with E-state index in [0.717, 1.165) is 12.1 Å². The molecule has 168 valence electrons. The van der Waals surface area contributed by atoms with Gasteiger partial charge in [0.15, 0.2) is 5.76 Å². The van der Waals surface area contributed by atoms with Crippen LogP contribution in [0.25, 0.3) is 11.3 Å². The van der Waals surface area contributed by atoms with Crippen LogP contribution in [0.15, 0.2) is 52.9 Å². The fourth-order valence-electron chi connectivity index (χ4n) is 3.37. The molecule has 0 atom stereocenters.